The van der Waals surface area contributed by atoms with Crippen molar-refractivity contribution in [3.05, 3.63) is 58.4 Å². The molecule has 0 atom stereocenters. The summed E-state index contributed by atoms with van der Waals surface area (Å²) in [6.45, 7) is 5.49. The van der Waals surface area contributed by atoms with E-state index in [-0.39, 0.29) is 5.82 Å². The predicted molar refractivity (Wildman–Crippen MR) is 122 cm³/mol. The number of halogens is 8. The third-order valence-corrected chi connectivity index (χ3v) is 7.14. The average Bonchev–Trinajstić information content (AvgIpc) is 2.74. The molecule has 2 aromatic carbocycles. The molecule has 1 saturated heterocycles. The lowest BCUT2D eigenvalue weighted by Crippen LogP contribution is -3.13. The molecule has 15 heteroatoms. The maximum absolute atomic E-state index is 14.5. The molecule has 1 aliphatic heterocycles. The number of hydrogen-bond donors (Lipinski definition) is 1. The van der Waals surface area contributed by atoms with Gasteiger partial charge in [-0.1, -0.05) is 23.7 Å². The van der Waals surface area contributed by atoms with Gasteiger partial charge in [0.1, 0.15) is 12.4 Å². The number of rotatable bonds is 5. The lowest BCUT2D eigenvalue weighted by Gasteiger charge is -2.34. The molecule has 0 bridgehead atoms. The summed E-state index contributed by atoms with van der Waals surface area (Å²) in [5.74, 6) is -1.35. The van der Waals surface area contributed by atoms with E-state index in [2.05, 4.69) is 0 Å². The summed E-state index contributed by atoms with van der Waals surface area (Å²) in [6.07, 6.45) is -4.25. The van der Waals surface area contributed by atoms with E-state index < -0.39 is 27.6 Å². The first-order valence-electron chi connectivity index (χ1n) is 10.3. The second kappa shape index (κ2) is 12.2. The van der Waals surface area contributed by atoms with Crippen LogP contribution in [0.15, 0.2) is 41.3 Å². The summed E-state index contributed by atoms with van der Waals surface area (Å²) in [5.41, 5.74) is -3.53. The molecule has 202 valence electrons. The van der Waals surface area contributed by atoms with E-state index in [0.717, 1.165) is 19.6 Å². The van der Waals surface area contributed by atoms with Gasteiger partial charge in [-0.05, 0) is 36.8 Å². The van der Waals surface area contributed by atoms with E-state index in [0.29, 0.717) is 46.0 Å². The summed E-state index contributed by atoms with van der Waals surface area (Å²) < 4.78 is 111. The molecule has 0 aromatic heterocycles. The molecule has 0 spiro atoms. The quantitative estimate of drug-likeness (QED) is 0.245. The number of nitrogens with one attached hydrogen (secondary N) is 1. The molecule has 36 heavy (non-hydrogen) atoms. The first kappa shape index (κ1) is 30.5. The highest BCUT2D eigenvalue weighted by Crippen LogP contribution is 2.33. The normalized spacial score (nSPS) is 15.4. The zero-order valence-corrected chi connectivity index (χ0v) is 21.1. The minimum Gasteiger partial charge on any atom is -0.741 e. The molecule has 5 nitrogen and oxygen atoms in total. The van der Waals surface area contributed by atoms with Crippen molar-refractivity contribution in [3.8, 4) is 0 Å². The lowest BCUT2D eigenvalue weighted by atomic mass is 10.1. The van der Waals surface area contributed by atoms with Crippen LogP contribution in [0.2, 0.25) is 5.02 Å². The van der Waals surface area contributed by atoms with E-state index in [4.69, 9.17) is 24.6 Å². The van der Waals surface area contributed by atoms with Gasteiger partial charge in [0.2, 0.25) is 0 Å². The molecule has 2 aromatic rings. The van der Waals surface area contributed by atoms with Gasteiger partial charge in [0.25, 0.3) is 0 Å². The van der Waals surface area contributed by atoms with Gasteiger partial charge in [0.05, 0.1) is 37.6 Å². The van der Waals surface area contributed by atoms with Gasteiger partial charge in [-0.25, -0.2) is 12.8 Å². The molecule has 1 fully saturated rings. The molecular weight excluding hydrogens is 561 g/mol. The van der Waals surface area contributed by atoms with E-state index in [9.17, 15) is 30.7 Å². The molecule has 0 unspecified atom stereocenters. The van der Waals surface area contributed by atoms with E-state index in [1.807, 2.05) is 29.2 Å². The molecule has 0 aliphatic carbocycles. The number of piperazine rings is 1. The number of thioether (sulfide) groups is 1. The van der Waals surface area contributed by atoms with Crippen LogP contribution in [0.4, 0.5) is 36.4 Å². The fourth-order valence-electron chi connectivity index (χ4n) is 3.33. The summed E-state index contributed by atoms with van der Waals surface area (Å²) >= 11 is 6.62. The largest absolute Gasteiger partial charge is 0.741 e. The van der Waals surface area contributed by atoms with Crippen molar-refractivity contribution in [1.29, 1.82) is 0 Å². The first-order valence-corrected chi connectivity index (χ1v) is 13.1. The van der Waals surface area contributed by atoms with Crippen LogP contribution in [0.25, 0.3) is 0 Å². The number of benzene rings is 2. The Morgan fingerprint density at radius 3 is 2.06 bits per heavy atom. The number of quaternary nitrogens is 1. The second-order valence-electron chi connectivity index (χ2n) is 7.91. The van der Waals surface area contributed by atoms with Crippen LogP contribution in [0.5, 0.6) is 0 Å². The third kappa shape index (κ3) is 9.61. The van der Waals surface area contributed by atoms with Gasteiger partial charge < -0.3 is 14.4 Å². The Morgan fingerprint density at radius 1 is 1.06 bits per heavy atom. The maximum atomic E-state index is 14.5. The zero-order valence-electron chi connectivity index (χ0n) is 18.7. The summed E-state index contributed by atoms with van der Waals surface area (Å²) in [5, 5.41) is 0.706. The van der Waals surface area contributed by atoms with Crippen molar-refractivity contribution in [2.24, 2.45) is 0 Å². The van der Waals surface area contributed by atoms with Crippen molar-refractivity contribution < 1.29 is 48.6 Å². The van der Waals surface area contributed by atoms with E-state index in [1.165, 1.54) is 16.5 Å². The van der Waals surface area contributed by atoms with Crippen molar-refractivity contribution in [2.75, 3.05) is 36.8 Å². The molecule has 1 heterocycles. The highest BCUT2D eigenvalue weighted by atomic mass is 35.5. The van der Waals surface area contributed by atoms with Gasteiger partial charge in [-0.15, -0.1) is 11.8 Å². The van der Waals surface area contributed by atoms with Crippen molar-refractivity contribution in [3.63, 3.8) is 0 Å². The lowest BCUT2D eigenvalue weighted by molar-refractivity contribution is -0.914. The van der Waals surface area contributed by atoms with Crippen LogP contribution in [-0.2, 0) is 16.7 Å². The number of anilines is 1. The van der Waals surface area contributed by atoms with Crippen molar-refractivity contribution in [1.82, 2.24) is 0 Å². The SMILES string of the molecule is Cc1cc(F)c(N2CC[NH+](Cc3ccc(Cl)cc3)CC2)cc1SCC(F)(F)F.O=S(=O)([O-])C(F)(F)F. The molecule has 0 saturated carbocycles. The fraction of sp³-hybridized carbons (Fsp3) is 0.429. The first-order chi connectivity index (χ1) is 16.5. The Hall–Kier alpha value is -1.74. The zero-order chi connectivity index (χ0) is 27.3. The molecule has 0 amide bonds. The van der Waals surface area contributed by atoms with Crippen LogP contribution < -0.4 is 9.80 Å². The molecule has 1 aliphatic rings. The third-order valence-electron chi connectivity index (χ3n) is 5.10. The highest BCUT2D eigenvalue weighted by Gasteiger charge is 2.37. The van der Waals surface area contributed by atoms with Gasteiger partial charge in [-0.3, -0.25) is 0 Å². The highest BCUT2D eigenvalue weighted by molar-refractivity contribution is 7.99. The Bertz CT molecular complexity index is 1120. The Labute approximate surface area is 213 Å². The smallest absolute Gasteiger partial charge is 0.485 e. The number of alkyl halides is 6. The second-order valence-corrected chi connectivity index (χ2v) is 10.7. The van der Waals surface area contributed by atoms with E-state index >= 15 is 0 Å². The molecule has 3 rings (SSSR count). The molecule has 0 radical (unpaired) electrons. The Morgan fingerprint density at radius 2 is 1.58 bits per heavy atom. The summed E-state index contributed by atoms with van der Waals surface area (Å²) in [4.78, 5) is 3.79. The van der Waals surface area contributed by atoms with Gasteiger partial charge in [-0.2, -0.15) is 26.3 Å². The van der Waals surface area contributed by atoms with Crippen LogP contribution in [0.1, 0.15) is 11.1 Å². The molecule has 1 N–H and O–H groups in total. The predicted octanol–water partition coefficient (Wildman–Crippen LogP) is 4.40. The van der Waals surface area contributed by atoms with Crippen LogP contribution >= 0.6 is 23.4 Å². The minimum atomic E-state index is -6.09. The number of nitrogens with zero attached hydrogens (tertiary/aromatic N) is 1. The maximum Gasteiger partial charge on any atom is 0.485 e. The molecular formula is C21H22ClF7N2O3S2. The van der Waals surface area contributed by atoms with E-state index in [1.54, 1.807) is 13.0 Å². The topological polar surface area (TPSA) is 64.9 Å². The monoisotopic (exact) mass is 582 g/mol. The minimum absolute atomic E-state index is 0.380. The van der Waals surface area contributed by atoms with Gasteiger partial charge in [0, 0.05) is 15.5 Å². The summed E-state index contributed by atoms with van der Waals surface area (Å²) in [7, 11) is -6.09. The number of hydrogen-bond acceptors (Lipinski definition) is 5. The van der Waals surface area contributed by atoms with Gasteiger partial charge in [0.15, 0.2) is 10.1 Å². The average molecular weight is 583 g/mol. The summed E-state index contributed by atoms with van der Waals surface area (Å²) in [6, 6.07) is 10.6. The van der Waals surface area contributed by atoms with Crippen LogP contribution in [0, 0.1) is 12.7 Å². The number of aryl methyl sites for hydroxylation is 1. The standard InChI is InChI=1S/C20H21ClF4N2S.CHF3O3S/c1-14-10-17(22)18(11-19(14)28-13-20(23,24)25)27-8-6-26(7-9-27)12-15-2-4-16(21)5-3-15;2-1(3,4)8(5,6)7/h2-5,10-11H,6-9,12-13H2,1H3;(H,5,6,7). The van der Waals surface area contributed by atoms with Crippen LogP contribution in [-0.4, -0.2) is 56.6 Å². The van der Waals surface area contributed by atoms with Crippen molar-refractivity contribution in [2.45, 2.75) is 30.0 Å². The van der Waals surface area contributed by atoms with Crippen molar-refractivity contribution >= 4 is 39.2 Å². The van der Waals surface area contributed by atoms with Gasteiger partial charge >= 0.3 is 11.7 Å². The van der Waals surface area contributed by atoms with Crippen LogP contribution in [0.3, 0.4) is 0 Å². The fourth-order valence-corrected chi connectivity index (χ4v) is 4.26. The Kier molecular flexibility index (Phi) is 10.3. The Balaban J connectivity index is 0.000000493.